The van der Waals surface area contributed by atoms with Gasteiger partial charge in [-0.15, -0.1) is 0 Å². The van der Waals surface area contributed by atoms with Gasteiger partial charge in [0.2, 0.25) is 0 Å². The second-order valence-corrected chi connectivity index (χ2v) is 17.8. The SMILES string of the molecule is C/C(=C\B1OC(C)(C)C(C)(C)O1)c1cc(Br)ccc1O.CC(=O)c1cc(Br)ccc1O.CC1(C)OB(CB2OC(C)(C)C(C)(C)O2)OC1(C)C. The molecule has 274 valence electrons. The first-order valence-corrected chi connectivity index (χ1v) is 18.4. The molecule has 0 amide bonds. The third kappa shape index (κ3) is 10.1. The molecular weight excluding hydrogens is 769 g/mol. The van der Waals surface area contributed by atoms with Gasteiger partial charge in [-0.2, -0.15) is 0 Å². The number of aromatic hydroxyl groups is 2. The second-order valence-electron chi connectivity index (χ2n) is 16.0. The molecule has 3 heterocycles. The Morgan fingerprint density at radius 1 is 0.600 bits per heavy atom. The highest BCUT2D eigenvalue weighted by atomic mass is 79.9. The molecule has 9 nitrogen and oxygen atoms in total. The Kier molecular flexibility index (Phi) is 13.2. The maximum absolute atomic E-state index is 10.8. The zero-order valence-corrected chi connectivity index (χ0v) is 35.2. The summed E-state index contributed by atoms with van der Waals surface area (Å²) in [4.78, 5) is 10.8. The summed E-state index contributed by atoms with van der Waals surface area (Å²) in [6.07, 6.45) is 0.597. The molecule has 50 heavy (non-hydrogen) atoms. The lowest BCUT2D eigenvalue weighted by Gasteiger charge is -2.32. The first-order valence-electron chi connectivity index (χ1n) is 16.8. The third-order valence-electron chi connectivity index (χ3n) is 10.4. The first kappa shape index (κ1) is 42.8. The summed E-state index contributed by atoms with van der Waals surface area (Å²) in [5, 5.41) is 19.1. The van der Waals surface area contributed by atoms with E-state index in [0.29, 0.717) is 11.8 Å². The van der Waals surface area contributed by atoms with Crippen LogP contribution in [-0.4, -0.2) is 71.0 Å². The Labute approximate surface area is 316 Å². The predicted octanol–water partition coefficient (Wildman–Crippen LogP) is 9.26. The van der Waals surface area contributed by atoms with E-state index in [9.17, 15) is 9.90 Å². The van der Waals surface area contributed by atoms with Crippen molar-refractivity contribution in [2.24, 2.45) is 0 Å². The van der Waals surface area contributed by atoms with E-state index in [2.05, 4.69) is 87.2 Å². The lowest BCUT2D eigenvalue weighted by atomic mass is 9.64. The van der Waals surface area contributed by atoms with Gasteiger partial charge in [-0.25, -0.2) is 0 Å². The summed E-state index contributed by atoms with van der Waals surface area (Å²) in [5.41, 5.74) is 0.114. The molecule has 0 aromatic heterocycles. The first-order chi connectivity index (χ1) is 22.6. The fraction of sp³-hybridized carbons (Fsp3) is 0.583. The molecule has 2 aromatic carbocycles. The Hall–Kier alpha value is -1.64. The molecule has 0 unspecified atom stereocenters. The van der Waals surface area contributed by atoms with Gasteiger partial charge in [-0.3, -0.25) is 4.79 Å². The zero-order valence-electron chi connectivity index (χ0n) is 32.0. The highest BCUT2D eigenvalue weighted by Gasteiger charge is 2.57. The van der Waals surface area contributed by atoms with Crippen molar-refractivity contribution in [1.29, 1.82) is 0 Å². The fourth-order valence-corrected chi connectivity index (χ4v) is 5.87. The van der Waals surface area contributed by atoms with Crippen LogP contribution in [0.3, 0.4) is 0 Å². The minimum absolute atomic E-state index is 0.0284. The summed E-state index contributed by atoms with van der Waals surface area (Å²) in [6.45, 7) is 27.9. The van der Waals surface area contributed by atoms with Crippen molar-refractivity contribution < 1.29 is 42.9 Å². The maximum Gasteiger partial charge on any atom is 0.487 e. The average Bonchev–Trinajstić information content (AvgIpc) is 3.38. The molecule has 0 atom stereocenters. The standard InChI is InChI=1S/C15H20BBrO3.C13H26B2O4.C8H7BrO2/c1-10(12-8-11(17)6-7-13(12)18)9-16-19-14(2,3)15(4,5)20-16;1-10(2)11(3,4)17-14(16-10)9-15-18-12(5,6)13(7,8)19-15;1-5(10)7-4-6(9)2-3-8(7)11/h6-9,18H,1-5H3;9H2,1-8H3;2-4,11H,1H3/b10-9+;;. The van der Waals surface area contributed by atoms with E-state index in [1.54, 1.807) is 24.3 Å². The summed E-state index contributed by atoms with van der Waals surface area (Å²) in [6, 6.07) is 10.1. The van der Waals surface area contributed by atoms with Crippen LogP contribution in [0.1, 0.15) is 113 Å². The van der Waals surface area contributed by atoms with Crippen LogP contribution in [0.4, 0.5) is 0 Å². The number of carbonyl (C=O) groups excluding carboxylic acids is 1. The number of rotatable bonds is 5. The molecule has 2 N–H and O–H groups in total. The Bertz CT molecular complexity index is 1490. The highest BCUT2D eigenvalue weighted by Crippen LogP contribution is 2.42. The van der Waals surface area contributed by atoms with Gasteiger partial charge >= 0.3 is 21.4 Å². The monoisotopic (exact) mass is 820 g/mol. The quantitative estimate of drug-likeness (QED) is 0.225. The number of phenols is 2. The molecule has 3 fully saturated rings. The van der Waals surface area contributed by atoms with Gasteiger partial charge in [0.15, 0.2) is 5.78 Å². The van der Waals surface area contributed by atoms with Crippen molar-refractivity contribution in [3.05, 3.63) is 62.4 Å². The van der Waals surface area contributed by atoms with Crippen molar-refractivity contribution in [3.63, 3.8) is 0 Å². The van der Waals surface area contributed by atoms with E-state index in [0.717, 1.165) is 20.1 Å². The molecule has 0 bridgehead atoms. The molecular formula is C36H53B3Br2O9. The lowest BCUT2D eigenvalue weighted by Crippen LogP contribution is -2.41. The number of allylic oxidation sites excluding steroid dienone is 1. The Balaban J connectivity index is 0.000000212. The summed E-state index contributed by atoms with van der Waals surface area (Å²) in [5.74, 6) is 2.04. The van der Waals surface area contributed by atoms with Crippen LogP contribution in [-0.2, 0) is 27.9 Å². The lowest BCUT2D eigenvalue weighted by molar-refractivity contribution is 0.00578. The number of benzene rings is 2. The average molecular weight is 822 g/mol. The van der Waals surface area contributed by atoms with Gasteiger partial charge in [0.1, 0.15) is 11.5 Å². The van der Waals surface area contributed by atoms with Crippen LogP contribution in [0.5, 0.6) is 11.5 Å². The number of hydrogen-bond acceptors (Lipinski definition) is 9. The highest BCUT2D eigenvalue weighted by molar-refractivity contribution is 9.10. The molecule has 0 spiro atoms. The molecule has 0 aliphatic carbocycles. The minimum Gasteiger partial charge on any atom is -0.507 e. The summed E-state index contributed by atoms with van der Waals surface area (Å²) in [7, 11) is -0.960. The number of hydrogen-bond donors (Lipinski definition) is 2. The predicted molar refractivity (Wildman–Crippen MR) is 208 cm³/mol. The van der Waals surface area contributed by atoms with Crippen LogP contribution < -0.4 is 0 Å². The van der Waals surface area contributed by atoms with E-state index < -0.39 is 7.12 Å². The van der Waals surface area contributed by atoms with Crippen LogP contribution in [0.25, 0.3) is 5.57 Å². The van der Waals surface area contributed by atoms with Crippen LogP contribution in [0, 0.1) is 0 Å². The van der Waals surface area contributed by atoms with Crippen LogP contribution in [0.15, 0.2) is 51.3 Å². The van der Waals surface area contributed by atoms with Gasteiger partial charge < -0.3 is 38.1 Å². The minimum atomic E-state index is -0.404. The number of ketones is 1. The fourth-order valence-electron chi connectivity index (χ4n) is 5.14. The number of Topliss-reactive ketones (excluding diaryl/α,β-unsaturated/α-hetero) is 1. The van der Waals surface area contributed by atoms with Gasteiger partial charge in [0, 0.05) is 20.7 Å². The molecule has 0 radical (unpaired) electrons. The smallest absolute Gasteiger partial charge is 0.487 e. The Morgan fingerprint density at radius 3 is 1.26 bits per heavy atom. The van der Waals surface area contributed by atoms with Crippen molar-refractivity contribution in [3.8, 4) is 11.5 Å². The van der Waals surface area contributed by atoms with Crippen molar-refractivity contribution in [1.82, 2.24) is 0 Å². The maximum atomic E-state index is 10.8. The largest absolute Gasteiger partial charge is 0.507 e. The van der Waals surface area contributed by atoms with Crippen molar-refractivity contribution in [2.45, 2.75) is 137 Å². The third-order valence-corrected chi connectivity index (χ3v) is 11.4. The van der Waals surface area contributed by atoms with Crippen LogP contribution in [0.2, 0.25) is 6.22 Å². The molecule has 3 aliphatic heterocycles. The van der Waals surface area contributed by atoms with E-state index >= 15 is 0 Å². The molecule has 0 saturated carbocycles. The Morgan fingerprint density at radius 2 is 0.920 bits per heavy atom. The number of halogens is 2. The van der Waals surface area contributed by atoms with E-state index in [1.165, 1.54) is 13.0 Å². The molecule has 2 aromatic rings. The van der Waals surface area contributed by atoms with E-state index in [-0.39, 0.29) is 65.1 Å². The second kappa shape index (κ2) is 15.4. The van der Waals surface area contributed by atoms with Gasteiger partial charge in [-0.1, -0.05) is 37.8 Å². The summed E-state index contributed by atoms with van der Waals surface area (Å²) < 4.78 is 37.5. The van der Waals surface area contributed by atoms with Crippen LogP contribution >= 0.6 is 31.9 Å². The molecule has 5 rings (SSSR count). The topological polar surface area (TPSA) is 113 Å². The number of carbonyl (C=O) groups is 1. The zero-order chi connectivity index (χ0) is 38.3. The van der Waals surface area contributed by atoms with Gasteiger partial charge in [0.05, 0.1) is 39.2 Å². The summed E-state index contributed by atoms with van der Waals surface area (Å²) >= 11 is 6.61. The van der Waals surface area contributed by atoms with E-state index in [1.807, 2.05) is 46.7 Å². The number of phenolic OH excluding ortho intramolecular Hbond substituents is 2. The molecule has 3 aliphatic rings. The van der Waals surface area contributed by atoms with Gasteiger partial charge in [0.25, 0.3) is 0 Å². The van der Waals surface area contributed by atoms with Crippen molar-refractivity contribution in [2.75, 3.05) is 0 Å². The van der Waals surface area contributed by atoms with Crippen molar-refractivity contribution >= 4 is 64.6 Å². The molecule has 3 saturated heterocycles. The van der Waals surface area contributed by atoms with Gasteiger partial charge in [-0.05, 0) is 139 Å². The molecule has 14 heteroatoms. The van der Waals surface area contributed by atoms with E-state index in [4.69, 9.17) is 33.0 Å². The normalized spacial score (nSPS) is 22.4.